The normalized spacial score (nSPS) is 18.7. The van der Waals surface area contributed by atoms with Crippen LogP contribution >= 0.6 is 0 Å². The monoisotopic (exact) mass is 395 g/mol. The van der Waals surface area contributed by atoms with Gasteiger partial charge in [0.05, 0.1) is 17.5 Å². The molecule has 5 heterocycles. The summed E-state index contributed by atoms with van der Waals surface area (Å²) in [4.78, 5) is 32.6. The van der Waals surface area contributed by atoms with E-state index in [4.69, 9.17) is 0 Å². The molecule has 9 nitrogen and oxygen atoms in total. The third-order valence-corrected chi connectivity index (χ3v) is 6.24. The molecule has 2 aliphatic heterocycles. The lowest BCUT2D eigenvalue weighted by Crippen LogP contribution is -2.46. The third-order valence-electron chi connectivity index (χ3n) is 6.24. The minimum Gasteiger partial charge on any atom is -0.338 e. The van der Waals surface area contributed by atoms with Crippen LogP contribution in [0.1, 0.15) is 41.7 Å². The number of nitrogens with one attached hydrogen (secondary N) is 1. The number of aromatic nitrogens is 5. The van der Waals surface area contributed by atoms with Crippen LogP contribution < -0.4 is 5.56 Å². The number of piperidine rings is 1. The number of rotatable bonds is 3. The Balaban J connectivity index is 1.35. The van der Waals surface area contributed by atoms with Gasteiger partial charge >= 0.3 is 0 Å². The fraction of sp³-hybridized carbons (Fsp3) is 0.500. The maximum Gasteiger partial charge on any atom is 0.276 e. The van der Waals surface area contributed by atoms with Gasteiger partial charge in [-0.25, -0.2) is 9.20 Å². The van der Waals surface area contributed by atoms with E-state index in [9.17, 15) is 9.59 Å². The van der Waals surface area contributed by atoms with E-state index in [0.717, 1.165) is 25.9 Å². The Bertz CT molecular complexity index is 1100. The molecule has 9 heteroatoms. The zero-order valence-electron chi connectivity index (χ0n) is 16.5. The highest BCUT2D eigenvalue weighted by atomic mass is 16.2. The number of carbonyl (C=O) groups is 1. The van der Waals surface area contributed by atoms with Gasteiger partial charge in [0.1, 0.15) is 5.52 Å². The highest BCUT2D eigenvalue weighted by Crippen LogP contribution is 2.23. The minimum atomic E-state index is -0.244. The van der Waals surface area contributed by atoms with Crippen molar-refractivity contribution in [1.29, 1.82) is 0 Å². The second-order valence-corrected chi connectivity index (χ2v) is 7.94. The standard InChI is InChI=1S/C20H25N7O2/c1-14-16(19(29)25-11-6-15(7-12-25)24-8-2-3-9-24)13-21-27(14)20-22-18(28)17-5-4-10-26(17)23-20/h4-5,10,13,15H,2-3,6-9,11-12H2,1H3,(H,22,23,28). The molecule has 2 fully saturated rings. The highest BCUT2D eigenvalue weighted by Gasteiger charge is 2.30. The fourth-order valence-corrected chi connectivity index (χ4v) is 4.57. The lowest BCUT2D eigenvalue weighted by atomic mass is 10.0. The van der Waals surface area contributed by atoms with Crippen LogP contribution in [-0.2, 0) is 0 Å². The van der Waals surface area contributed by atoms with Crippen molar-refractivity contribution in [1.82, 2.24) is 34.2 Å². The average Bonchev–Trinajstić information content (AvgIpc) is 3.48. The maximum atomic E-state index is 13.1. The van der Waals surface area contributed by atoms with Crippen LogP contribution in [0.4, 0.5) is 0 Å². The van der Waals surface area contributed by atoms with E-state index in [2.05, 4.69) is 20.1 Å². The molecule has 0 aliphatic carbocycles. The number of H-pyrrole nitrogens is 1. The number of hydrogen-bond donors (Lipinski definition) is 1. The van der Waals surface area contributed by atoms with Crippen molar-refractivity contribution in [2.45, 2.75) is 38.6 Å². The van der Waals surface area contributed by atoms with E-state index in [1.807, 2.05) is 11.8 Å². The summed E-state index contributed by atoms with van der Waals surface area (Å²) in [7, 11) is 0. The molecule has 5 rings (SSSR count). The van der Waals surface area contributed by atoms with E-state index in [-0.39, 0.29) is 11.5 Å². The van der Waals surface area contributed by atoms with Crippen LogP contribution in [0.5, 0.6) is 0 Å². The lowest BCUT2D eigenvalue weighted by molar-refractivity contribution is 0.0644. The summed E-state index contributed by atoms with van der Waals surface area (Å²) in [5.74, 6) is 0.293. The predicted octanol–water partition coefficient (Wildman–Crippen LogP) is 1.22. The molecule has 29 heavy (non-hydrogen) atoms. The Labute approximate surface area is 167 Å². The summed E-state index contributed by atoms with van der Waals surface area (Å²) < 4.78 is 3.03. The Kier molecular flexibility index (Phi) is 4.46. The van der Waals surface area contributed by atoms with E-state index in [1.54, 1.807) is 24.5 Å². The molecular weight excluding hydrogens is 370 g/mol. The Morgan fingerprint density at radius 2 is 1.93 bits per heavy atom. The van der Waals surface area contributed by atoms with E-state index in [1.165, 1.54) is 35.1 Å². The number of hydrogen-bond acceptors (Lipinski definition) is 5. The van der Waals surface area contributed by atoms with Crippen LogP contribution in [0.2, 0.25) is 0 Å². The molecule has 3 aromatic rings. The van der Waals surface area contributed by atoms with Crippen molar-refractivity contribution in [2.24, 2.45) is 0 Å². The van der Waals surface area contributed by atoms with Gasteiger partial charge in [0.15, 0.2) is 0 Å². The molecule has 3 aromatic heterocycles. The van der Waals surface area contributed by atoms with Gasteiger partial charge in [-0.3, -0.25) is 14.6 Å². The number of amides is 1. The second kappa shape index (κ2) is 7.14. The van der Waals surface area contributed by atoms with Crippen molar-refractivity contribution in [2.75, 3.05) is 26.2 Å². The van der Waals surface area contributed by atoms with E-state index < -0.39 is 0 Å². The molecule has 1 amide bonds. The van der Waals surface area contributed by atoms with Crippen LogP contribution in [0.3, 0.4) is 0 Å². The first-order valence-corrected chi connectivity index (χ1v) is 10.3. The van der Waals surface area contributed by atoms with Gasteiger partial charge < -0.3 is 9.80 Å². The Hall–Kier alpha value is -2.94. The molecule has 2 aliphatic rings. The van der Waals surface area contributed by atoms with Gasteiger partial charge in [0.2, 0.25) is 5.95 Å². The highest BCUT2D eigenvalue weighted by molar-refractivity contribution is 5.95. The van der Waals surface area contributed by atoms with Crippen LogP contribution in [-0.4, -0.2) is 72.3 Å². The quantitative estimate of drug-likeness (QED) is 0.720. The predicted molar refractivity (Wildman–Crippen MR) is 107 cm³/mol. The molecule has 152 valence electrons. The Morgan fingerprint density at radius 3 is 2.69 bits per heavy atom. The zero-order chi connectivity index (χ0) is 20.0. The topological polar surface area (TPSA) is 91.5 Å². The van der Waals surface area contributed by atoms with Gasteiger partial charge in [0, 0.05) is 25.3 Å². The van der Waals surface area contributed by atoms with E-state index in [0.29, 0.717) is 28.8 Å². The Morgan fingerprint density at radius 1 is 1.17 bits per heavy atom. The average molecular weight is 395 g/mol. The molecule has 2 saturated heterocycles. The molecule has 0 radical (unpaired) electrons. The second-order valence-electron chi connectivity index (χ2n) is 7.94. The third kappa shape index (κ3) is 3.15. The summed E-state index contributed by atoms with van der Waals surface area (Å²) in [6.45, 7) is 5.77. The lowest BCUT2D eigenvalue weighted by Gasteiger charge is -2.36. The molecule has 0 unspecified atom stereocenters. The number of aromatic amines is 1. The van der Waals surface area contributed by atoms with Gasteiger partial charge in [-0.1, -0.05) is 0 Å². The first kappa shape index (κ1) is 18.1. The van der Waals surface area contributed by atoms with Gasteiger partial charge in [-0.15, -0.1) is 5.10 Å². The molecule has 0 atom stereocenters. The van der Waals surface area contributed by atoms with Crippen molar-refractivity contribution >= 4 is 11.4 Å². The zero-order valence-corrected chi connectivity index (χ0v) is 16.5. The van der Waals surface area contributed by atoms with Gasteiger partial charge in [-0.2, -0.15) is 5.10 Å². The smallest absolute Gasteiger partial charge is 0.276 e. The van der Waals surface area contributed by atoms with Gasteiger partial charge in [-0.05, 0) is 57.8 Å². The first-order chi connectivity index (χ1) is 14.1. The summed E-state index contributed by atoms with van der Waals surface area (Å²) in [5, 5.41) is 8.72. The van der Waals surface area contributed by atoms with Crippen LogP contribution in [0, 0.1) is 6.92 Å². The summed E-state index contributed by atoms with van der Waals surface area (Å²) in [6, 6.07) is 4.07. The molecule has 0 saturated carbocycles. The van der Waals surface area contributed by atoms with E-state index >= 15 is 0 Å². The molecular formula is C20H25N7O2. The fourth-order valence-electron chi connectivity index (χ4n) is 4.57. The number of nitrogens with zero attached hydrogens (tertiary/aromatic N) is 6. The number of likely N-dealkylation sites (tertiary alicyclic amines) is 2. The SMILES string of the molecule is Cc1c(C(=O)N2CCC(N3CCCC3)CC2)cnn1-c1nn2cccc2c(=O)[nH]1. The van der Waals surface area contributed by atoms with Crippen molar-refractivity contribution in [3.05, 3.63) is 46.1 Å². The van der Waals surface area contributed by atoms with Crippen molar-refractivity contribution in [3.8, 4) is 5.95 Å². The summed E-state index contributed by atoms with van der Waals surface area (Å²) >= 11 is 0. The van der Waals surface area contributed by atoms with Crippen LogP contribution in [0.15, 0.2) is 29.3 Å². The van der Waals surface area contributed by atoms with Gasteiger partial charge in [0.25, 0.3) is 11.5 Å². The van der Waals surface area contributed by atoms with Crippen LogP contribution in [0.25, 0.3) is 11.5 Å². The molecule has 0 aromatic carbocycles. The van der Waals surface area contributed by atoms with Crippen molar-refractivity contribution in [3.63, 3.8) is 0 Å². The van der Waals surface area contributed by atoms with Crippen molar-refractivity contribution < 1.29 is 4.79 Å². The summed E-state index contributed by atoms with van der Waals surface area (Å²) in [5.41, 5.74) is 1.45. The number of fused-ring (bicyclic) bond motifs is 1. The largest absolute Gasteiger partial charge is 0.338 e. The molecule has 0 spiro atoms. The first-order valence-electron chi connectivity index (χ1n) is 10.3. The molecule has 0 bridgehead atoms. The molecule has 1 N–H and O–H groups in total. The number of carbonyl (C=O) groups excluding carboxylic acids is 1. The maximum absolute atomic E-state index is 13.1. The minimum absolute atomic E-state index is 0.00184. The summed E-state index contributed by atoms with van der Waals surface area (Å²) in [6.07, 6.45) is 7.93.